The molecule has 1 aromatic heterocycles. The average molecular weight is 589 g/mol. The predicted octanol–water partition coefficient (Wildman–Crippen LogP) is 5.95. The van der Waals surface area contributed by atoms with E-state index in [1.54, 1.807) is 13.8 Å². The summed E-state index contributed by atoms with van der Waals surface area (Å²) in [5.74, 6) is 0.662. The van der Waals surface area contributed by atoms with Crippen molar-refractivity contribution in [2.24, 2.45) is 0 Å². The third kappa shape index (κ3) is 6.78. The number of nitrogens with one attached hydrogen (secondary N) is 1. The zero-order chi connectivity index (χ0) is 23.9. The third-order valence-corrected chi connectivity index (χ3v) is 10.0. The highest BCUT2D eigenvalue weighted by molar-refractivity contribution is 7.92. The van der Waals surface area contributed by atoms with Crippen molar-refractivity contribution in [1.82, 2.24) is 4.72 Å². The smallest absolute Gasteiger partial charge is 0.345 e. The lowest BCUT2D eigenvalue weighted by molar-refractivity contribution is 0.219. The fourth-order valence-electron chi connectivity index (χ4n) is 2.55. The van der Waals surface area contributed by atoms with E-state index in [2.05, 4.69) is 4.72 Å². The summed E-state index contributed by atoms with van der Waals surface area (Å²) in [4.78, 5) is 0. The number of halogens is 4. The monoisotopic (exact) mass is 587 g/mol. The maximum Gasteiger partial charge on any atom is 0.345 e. The van der Waals surface area contributed by atoms with Crippen LogP contribution in [0.1, 0.15) is 13.8 Å². The summed E-state index contributed by atoms with van der Waals surface area (Å²) in [6, 6.07) is 1.35. The van der Waals surface area contributed by atoms with E-state index in [-0.39, 0.29) is 63.9 Å². The molecule has 0 aliphatic carbocycles. The lowest BCUT2D eigenvalue weighted by Crippen LogP contribution is -2.25. The number of rotatable bonds is 14. The first kappa shape index (κ1) is 28.2. The zero-order valence-electron chi connectivity index (χ0n) is 17.2. The highest BCUT2D eigenvalue weighted by Gasteiger charge is 2.30. The molecule has 32 heavy (non-hydrogen) atoms. The molecule has 1 aromatic carbocycles. The molecule has 1 N–H and O–H groups in total. The van der Waals surface area contributed by atoms with E-state index in [1.165, 1.54) is 6.07 Å². The van der Waals surface area contributed by atoms with Gasteiger partial charge in [-0.3, -0.25) is 4.57 Å². The largest absolute Gasteiger partial charge is 0.487 e. The minimum atomic E-state index is -4.09. The van der Waals surface area contributed by atoms with Crippen LogP contribution >= 0.6 is 65.3 Å². The molecule has 0 saturated carbocycles. The zero-order valence-corrected chi connectivity index (χ0v) is 22.7. The lowest BCUT2D eigenvalue weighted by atomic mass is 10.2. The van der Waals surface area contributed by atoms with Gasteiger partial charge in [0.05, 0.1) is 34.7 Å². The molecule has 0 aliphatic rings. The van der Waals surface area contributed by atoms with Gasteiger partial charge in [0.2, 0.25) is 0 Å². The first-order valence-corrected chi connectivity index (χ1v) is 15.2. The highest BCUT2D eigenvalue weighted by Crippen LogP contribution is 2.51. The van der Waals surface area contributed by atoms with E-state index in [9.17, 15) is 13.0 Å². The molecule has 0 spiro atoms. The van der Waals surface area contributed by atoms with Gasteiger partial charge in [0.25, 0.3) is 10.0 Å². The lowest BCUT2D eigenvalue weighted by Gasteiger charge is -2.17. The second-order valence-corrected chi connectivity index (χ2v) is 12.5. The fourth-order valence-corrected chi connectivity index (χ4v) is 7.87. The van der Waals surface area contributed by atoms with E-state index in [0.717, 1.165) is 11.3 Å². The van der Waals surface area contributed by atoms with Gasteiger partial charge in [-0.2, -0.15) is 4.72 Å². The van der Waals surface area contributed by atoms with E-state index >= 15 is 0 Å². The molecule has 0 amide bonds. The first-order valence-electron chi connectivity index (χ1n) is 9.33. The number of thiophene rings is 1. The van der Waals surface area contributed by atoms with Crippen molar-refractivity contribution in [3.63, 3.8) is 0 Å². The standard InChI is InChI=1S/C17H22Cl4NO7PS2/c1-3-28-30(23,29-4-2)10-22-32(24,25)12-9-11-13(20)15(26-7-5-18)16(27-8-6-19)14(21)17(11)31-12/h9,22H,3-8,10H2,1-2H3. The van der Waals surface area contributed by atoms with Crippen LogP contribution in [-0.2, 0) is 23.6 Å². The number of hydrogen-bond acceptors (Lipinski definition) is 8. The van der Waals surface area contributed by atoms with Gasteiger partial charge in [-0.25, -0.2) is 8.42 Å². The molecule has 0 bridgehead atoms. The molecule has 0 saturated heterocycles. The van der Waals surface area contributed by atoms with Crippen LogP contribution < -0.4 is 14.2 Å². The summed E-state index contributed by atoms with van der Waals surface area (Å²) in [5, 5.41) is 0.591. The summed E-state index contributed by atoms with van der Waals surface area (Å²) in [6.45, 7) is 3.71. The first-order chi connectivity index (χ1) is 15.1. The Hall–Kier alpha value is -0.000000000000000160. The highest BCUT2D eigenvalue weighted by atomic mass is 35.5. The van der Waals surface area contributed by atoms with Gasteiger partial charge in [-0.05, 0) is 19.9 Å². The van der Waals surface area contributed by atoms with E-state index in [4.69, 9.17) is 64.9 Å². The molecule has 2 aromatic rings. The number of alkyl halides is 2. The molecule has 0 atom stereocenters. The van der Waals surface area contributed by atoms with Gasteiger partial charge < -0.3 is 18.5 Å². The Balaban J connectivity index is 2.48. The Bertz CT molecular complexity index is 1020. The molecule has 0 radical (unpaired) electrons. The number of hydrogen-bond donors (Lipinski definition) is 1. The predicted molar refractivity (Wildman–Crippen MR) is 130 cm³/mol. The molecular formula is C17H22Cl4NO7PS2. The topological polar surface area (TPSA) is 100 Å². The van der Waals surface area contributed by atoms with Crippen LogP contribution in [0.3, 0.4) is 0 Å². The van der Waals surface area contributed by atoms with Crippen LogP contribution in [0.5, 0.6) is 11.5 Å². The van der Waals surface area contributed by atoms with Crippen LogP contribution in [0.15, 0.2) is 10.3 Å². The molecule has 2 rings (SSSR count). The SMILES string of the molecule is CCOP(=O)(CNS(=O)(=O)c1cc2c(Cl)c(OCCCl)c(OCCCl)c(Cl)c2s1)OCC. The van der Waals surface area contributed by atoms with Gasteiger partial charge >= 0.3 is 7.60 Å². The summed E-state index contributed by atoms with van der Waals surface area (Å²) in [7, 11) is -7.72. The van der Waals surface area contributed by atoms with Crippen LogP contribution in [-0.4, -0.2) is 52.9 Å². The maximum absolute atomic E-state index is 12.9. The minimum Gasteiger partial charge on any atom is -0.487 e. The van der Waals surface area contributed by atoms with Crippen molar-refractivity contribution in [2.45, 2.75) is 18.1 Å². The molecule has 1 heterocycles. The van der Waals surface area contributed by atoms with Crippen LogP contribution in [0.4, 0.5) is 0 Å². The summed E-state index contributed by atoms with van der Waals surface area (Å²) >= 11 is 25.3. The normalized spacial score (nSPS) is 12.4. The van der Waals surface area contributed by atoms with Crippen LogP contribution in [0, 0.1) is 0 Å². The average Bonchev–Trinajstić information content (AvgIpc) is 3.21. The van der Waals surface area contributed by atoms with E-state index in [1.807, 2.05) is 0 Å². The van der Waals surface area contributed by atoms with Crippen LogP contribution in [0.25, 0.3) is 10.1 Å². The Morgan fingerprint density at radius 2 is 1.53 bits per heavy atom. The van der Waals surface area contributed by atoms with Crippen LogP contribution in [0.2, 0.25) is 10.0 Å². The van der Waals surface area contributed by atoms with E-state index in [0.29, 0.717) is 10.1 Å². The van der Waals surface area contributed by atoms with Gasteiger partial charge in [-0.1, -0.05) is 23.2 Å². The summed E-state index contributed by atoms with van der Waals surface area (Å²) in [6.07, 6.45) is -0.527. The second-order valence-electron chi connectivity index (χ2n) is 5.92. The third-order valence-electron chi connectivity index (χ3n) is 3.76. The van der Waals surface area contributed by atoms with Crippen molar-refractivity contribution in [3.8, 4) is 11.5 Å². The number of ether oxygens (including phenoxy) is 2. The Labute approximate surface area is 210 Å². The second kappa shape index (κ2) is 12.6. The summed E-state index contributed by atoms with van der Waals surface area (Å²) < 4.78 is 62.3. The van der Waals surface area contributed by atoms with Crippen molar-refractivity contribution < 1.29 is 31.5 Å². The van der Waals surface area contributed by atoms with Crippen molar-refractivity contribution in [3.05, 3.63) is 16.1 Å². The van der Waals surface area contributed by atoms with Gasteiger partial charge in [0, 0.05) is 5.39 Å². The fraction of sp³-hybridized carbons (Fsp3) is 0.529. The van der Waals surface area contributed by atoms with Crippen molar-refractivity contribution in [1.29, 1.82) is 0 Å². The minimum absolute atomic E-state index is 0.100. The van der Waals surface area contributed by atoms with Gasteiger partial charge in [0.15, 0.2) is 11.5 Å². The molecule has 8 nitrogen and oxygen atoms in total. The molecule has 0 fully saturated rings. The van der Waals surface area contributed by atoms with E-state index < -0.39 is 23.9 Å². The molecule has 15 heteroatoms. The molecule has 0 unspecified atom stereocenters. The maximum atomic E-state index is 12.9. The Kier molecular flexibility index (Phi) is 11.1. The number of benzene rings is 1. The molecule has 182 valence electrons. The van der Waals surface area contributed by atoms with Gasteiger partial charge in [-0.15, -0.1) is 34.5 Å². The number of sulfonamides is 1. The van der Waals surface area contributed by atoms with Crippen molar-refractivity contribution in [2.75, 3.05) is 44.5 Å². The van der Waals surface area contributed by atoms with Crippen molar-refractivity contribution >= 4 is 85.4 Å². The Morgan fingerprint density at radius 1 is 1.00 bits per heavy atom. The number of fused-ring (bicyclic) bond motifs is 1. The quantitative estimate of drug-likeness (QED) is 0.215. The van der Waals surface area contributed by atoms with Gasteiger partial charge in [0.1, 0.15) is 28.7 Å². The Morgan fingerprint density at radius 3 is 2.03 bits per heavy atom. The molecular weight excluding hydrogens is 567 g/mol. The molecule has 0 aliphatic heterocycles. The summed E-state index contributed by atoms with van der Waals surface area (Å²) in [5.41, 5.74) is 0.